The summed E-state index contributed by atoms with van der Waals surface area (Å²) >= 11 is 6.19. The zero-order valence-corrected chi connectivity index (χ0v) is 23.3. The third-order valence-corrected chi connectivity index (χ3v) is 9.09. The quantitative estimate of drug-likeness (QED) is 0.475. The van der Waals surface area contributed by atoms with Gasteiger partial charge in [0.2, 0.25) is 11.8 Å². The number of benzene rings is 2. The number of halogens is 1. The van der Waals surface area contributed by atoms with E-state index in [2.05, 4.69) is 19.7 Å². The molecule has 0 spiro atoms. The van der Waals surface area contributed by atoms with Crippen LogP contribution in [0.25, 0.3) is 0 Å². The smallest absolute Gasteiger partial charge is 0.264 e. The van der Waals surface area contributed by atoms with Crippen molar-refractivity contribution in [1.82, 2.24) is 10.1 Å². The number of rotatable bonds is 6. The van der Waals surface area contributed by atoms with Crippen LogP contribution in [-0.2, 0) is 21.2 Å². The zero-order valence-electron chi connectivity index (χ0n) is 21.8. The molecule has 1 amide bonds. The Kier molecular flexibility index (Phi) is 7.28. The lowest BCUT2D eigenvalue weighted by atomic mass is 10.00. The first-order chi connectivity index (χ1) is 18.1. The molecule has 38 heavy (non-hydrogen) atoms. The highest BCUT2D eigenvalue weighted by Gasteiger charge is 2.31. The van der Waals surface area contributed by atoms with Crippen molar-refractivity contribution in [2.75, 3.05) is 47.2 Å². The standard InChI is InChI=1S/C27H32ClN5O4S.H2/c1-18-19(2)29-37-26(18)30-38(35,36)24-9-7-23(8-10-24)31-13-15-32(16-14-31)27(34)20(3)33-12-4-5-21-17-22(28)6-11-25(21)33;/h6-11,17,20,30H,4-5,12-16H2,1-3H3;1H/t20-;/m1./s1. The molecule has 1 saturated heterocycles. The van der Waals surface area contributed by atoms with Gasteiger partial charge in [-0.05, 0) is 81.6 Å². The fourth-order valence-electron chi connectivity index (χ4n) is 5.11. The van der Waals surface area contributed by atoms with Crippen molar-refractivity contribution in [2.45, 2.75) is 44.6 Å². The van der Waals surface area contributed by atoms with E-state index in [9.17, 15) is 13.2 Å². The molecule has 1 N–H and O–H groups in total. The maximum atomic E-state index is 13.4. The van der Waals surface area contributed by atoms with Gasteiger partial charge in [0.05, 0.1) is 10.6 Å². The Hall–Kier alpha value is -3.24. The van der Waals surface area contributed by atoms with Crippen LogP contribution in [0.4, 0.5) is 17.3 Å². The van der Waals surface area contributed by atoms with Crippen LogP contribution in [-0.4, -0.2) is 63.1 Å². The molecule has 0 radical (unpaired) electrons. The van der Waals surface area contributed by atoms with Crippen LogP contribution in [0.3, 0.4) is 0 Å². The lowest BCUT2D eigenvalue weighted by Gasteiger charge is -2.41. The summed E-state index contributed by atoms with van der Waals surface area (Å²) in [5, 5.41) is 4.52. The molecule has 11 heteroatoms. The third kappa shape index (κ3) is 5.19. The number of hydrogen-bond acceptors (Lipinski definition) is 7. The summed E-state index contributed by atoms with van der Waals surface area (Å²) in [7, 11) is -3.80. The van der Waals surface area contributed by atoms with Crippen LogP contribution in [0.2, 0.25) is 5.02 Å². The molecule has 0 saturated carbocycles. The van der Waals surface area contributed by atoms with Crippen LogP contribution in [0.15, 0.2) is 51.9 Å². The molecule has 0 bridgehead atoms. The Morgan fingerprint density at radius 1 is 1.08 bits per heavy atom. The second kappa shape index (κ2) is 10.5. The second-order valence-electron chi connectivity index (χ2n) is 9.88. The van der Waals surface area contributed by atoms with Crippen molar-refractivity contribution in [1.29, 1.82) is 0 Å². The Morgan fingerprint density at radius 3 is 2.45 bits per heavy atom. The largest absolute Gasteiger partial charge is 0.368 e. The molecule has 2 aliphatic rings. The molecule has 9 nitrogen and oxygen atoms in total. The Labute approximate surface area is 229 Å². The molecule has 2 aromatic carbocycles. The third-order valence-electron chi connectivity index (χ3n) is 7.51. The van der Waals surface area contributed by atoms with Gasteiger partial charge in [0.15, 0.2) is 0 Å². The van der Waals surface area contributed by atoms with E-state index in [-0.39, 0.29) is 24.2 Å². The van der Waals surface area contributed by atoms with Gasteiger partial charge >= 0.3 is 0 Å². The summed E-state index contributed by atoms with van der Waals surface area (Å²) in [5.41, 5.74) is 4.49. The van der Waals surface area contributed by atoms with Crippen molar-refractivity contribution in [3.63, 3.8) is 0 Å². The first kappa shape index (κ1) is 26.4. The number of nitrogens with one attached hydrogen (secondary N) is 1. The summed E-state index contributed by atoms with van der Waals surface area (Å²) < 4.78 is 33.1. The minimum atomic E-state index is -3.80. The Morgan fingerprint density at radius 2 is 1.79 bits per heavy atom. The van der Waals surface area contributed by atoms with Crippen LogP contribution < -0.4 is 14.5 Å². The van der Waals surface area contributed by atoms with E-state index in [0.29, 0.717) is 37.4 Å². The number of aryl methyl sites for hydroxylation is 2. The average Bonchev–Trinajstić information content (AvgIpc) is 3.23. The minimum absolute atomic E-state index is 0. The summed E-state index contributed by atoms with van der Waals surface area (Å²) in [4.78, 5) is 19.8. The van der Waals surface area contributed by atoms with Crippen molar-refractivity contribution < 1.29 is 19.2 Å². The summed E-state index contributed by atoms with van der Waals surface area (Å²) in [6, 6.07) is 12.4. The van der Waals surface area contributed by atoms with E-state index < -0.39 is 10.0 Å². The number of nitrogens with zero attached hydrogens (tertiary/aromatic N) is 4. The molecule has 3 aromatic rings. The zero-order chi connectivity index (χ0) is 27.0. The summed E-state index contributed by atoms with van der Waals surface area (Å²) in [5.74, 6) is 0.247. The van der Waals surface area contributed by atoms with Gasteiger partial charge in [-0.3, -0.25) is 4.79 Å². The monoisotopic (exact) mass is 559 g/mol. The molecule has 1 atom stereocenters. The summed E-state index contributed by atoms with van der Waals surface area (Å²) in [6.45, 7) is 8.89. The lowest BCUT2D eigenvalue weighted by molar-refractivity contribution is -0.132. The number of amides is 1. The van der Waals surface area contributed by atoms with E-state index in [0.717, 1.165) is 35.8 Å². The maximum Gasteiger partial charge on any atom is 0.264 e. The molecule has 204 valence electrons. The van der Waals surface area contributed by atoms with Crippen molar-refractivity contribution in [2.24, 2.45) is 0 Å². The van der Waals surface area contributed by atoms with E-state index in [1.54, 1.807) is 38.1 Å². The van der Waals surface area contributed by atoms with Crippen LogP contribution >= 0.6 is 11.6 Å². The van der Waals surface area contributed by atoms with Gasteiger partial charge in [-0.1, -0.05) is 16.8 Å². The maximum absolute atomic E-state index is 13.4. The lowest BCUT2D eigenvalue weighted by Crippen LogP contribution is -2.55. The molecule has 0 aliphatic carbocycles. The Balaban J connectivity index is 0.00000353. The predicted octanol–water partition coefficient (Wildman–Crippen LogP) is 4.48. The van der Waals surface area contributed by atoms with Crippen molar-refractivity contribution in [3.05, 3.63) is 64.3 Å². The number of aromatic nitrogens is 1. The molecular weight excluding hydrogens is 526 g/mol. The van der Waals surface area contributed by atoms with Gasteiger partial charge in [0.1, 0.15) is 6.04 Å². The molecular formula is C27H34ClN5O4S. The normalized spacial score (nSPS) is 16.8. The van der Waals surface area contributed by atoms with Gasteiger partial charge in [0.25, 0.3) is 10.0 Å². The average molecular weight is 560 g/mol. The van der Waals surface area contributed by atoms with Crippen LogP contribution in [0.5, 0.6) is 0 Å². The fourth-order valence-corrected chi connectivity index (χ4v) is 6.35. The molecule has 0 unspecified atom stereocenters. The highest BCUT2D eigenvalue weighted by Crippen LogP contribution is 2.32. The number of carbonyl (C=O) groups excluding carboxylic acids is 1. The van der Waals surface area contributed by atoms with Crippen molar-refractivity contribution >= 4 is 44.8 Å². The van der Waals surface area contributed by atoms with Gasteiger partial charge in [-0.2, -0.15) is 0 Å². The van der Waals surface area contributed by atoms with Gasteiger partial charge in [-0.15, -0.1) is 0 Å². The fraction of sp³-hybridized carbons (Fsp3) is 0.407. The topological polar surface area (TPSA) is 99.0 Å². The molecule has 5 rings (SSSR count). The number of fused-ring (bicyclic) bond motifs is 1. The first-order valence-electron chi connectivity index (χ1n) is 12.8. The highest BCUT2D eigenvalue weighted by atomic mass is 35.5. The first-order valence-corrected chi connectivity index (χ1v) is 14.6. The van der Waals surface area contributed by atoms with E-state index in [4.69, 9.17) is 16.1 Å². The van der Waals surface area contributed by atoms with Gasteiger partial charge < -0.3 is 19.2 Å². The van der Waals surface area contributed by atoms with Crippen LogP contribution in [0, 0.1) is 13.8 Å². The number of anilines is 3. The molecule has 2 aliphatic heterocycles. The van der Waals surface area contributed by atoms with Crippen molar-refractivity contribution in [3.8, 4) is 0 Å². The minimum Gasteiger partial charge on any atom is -0.368 e. The second-order valence-corrected chi connectivity index (χ2v) is 12.0. The van der Waals surface area contributed by atoms with Crippen LogP contribution in [0.1, 0.15) is 31.6 Å². The van der Waals surface area contributed by atoms with E-state index >= 15 is 0 Å². The molecule has 1 fully saturated rings. The highest BCUT2D eigenvalue weighted by molar-refractivity contribution is 7.92. The van der Waals surface area contributed by atoms with Gasteiger partial charge in [-0.25, -0.2) is 13.1 Å². The number of sulfonamides is 1. The Bertz CT molecular complexity index is 1440. The van der Waals surface area contributed by atoms with E-state index in [1.807, 2.05) is 30.0 Å². The molecule has 3 heterocycles. The van der Waals surface area contributed by atoms with Gasteiger partial charge in [0, 0.05) is 56.1 Å². The van der Waals surface area contributed by atoms with E-state index in [1.165, 1.54) is 5.56 Å². The predicted molar refractivity (Wildman–Crippen MR) is 151 cm³/mol. The molecule has 1 aromatic heterocycles. The number of carbonyl (C=O) groups is 1. The number of hydrogen-bond donors (Lipinski definition) is 1. The SMILES string of the molecule is Cc1noc(NS(=O)(=O)c2ccc(N3CCN(C(=O)[C@@H](C)N4CCCc5cc(Cl)ccc54)CC3)cc2)c1C.[HH]. The summed E-state index contributed by atoms with van der Waals surface area (Å²) in [6.07, 6.45) is 1.97. The number of piperazine rings is 1.